The molecule has 1 heterocycles. The van der Waals surface area contributed by atoms with E-state index in [2.05, 4.69) is 42.0 Å². The van der Waals surface area contributed by atoms with E-state index in [0.29, 0.717) is 29.0 Å². The van der Waals surface area contributed by atoms with Gasteiger partial charge in [-0.15, -0.1) is 0 Å². The summed E-state index contributed by atoms with van der Waals surface area (Å²) in [6.45, 7) is 9.40. The standard InChI is InChI=1S/C23H32BrN3O4S/c1-15(28)26-9-11-27(12-10-26)32(30,31)19-13-16(5-6-18(19)24)20(29)25-21-22(2,3)17-7-8-23(21,4)14-17/h5-6,13,17,21H,7-12,14H2,1-4H3,(H,25,29)/t17-,21?,23-/m1/s1. The summed E-state index contributed by atoms with van der Waals surface area (Å²) < 4.78 is 28.5. The summed E-state index contributed by atoms with van der Waals surface area (Å²) in [7, 11) is -3.80. The minimum absolute atomic E-state index is 0.0172. The summed E-state index contributed by atoms with van der Waals surface area (Å²) in [5.74, 6) is 0.314. The van der Waals surface area contributed by atoms with Crippen LogP contribution in [0.4, 0.5) is 0 Å². The van der Waals surface area contributed by atoms with Crippen molar-refractivity contribution in [1.82, 2.24) is 14.5 Å². The van der Waals surface area contributed by atoms with Crippen molar-refractivity contribution in [3.8, 4) is 0 Å². The molecule has 1 aliphatic heterocycles. The number of sulfonamides is 1. The quantitative estimate of drug-likeness (QED) is 0.653. The fourth-order valence-electron chi connectivity index (χ4n) is 6.10. The number of hydrogen-bond donors (Lipinski definition) is 1. The molecular formula is C23H32BrN3O4S. The summed E-state index contributed by atoms with van der Waals surface area (Å²) in [5, 5.41) is 3.25. The Labute approximate surface area is 199 Å². The molecule has 176 valence electrons. The van der Waals surface area contributed by atoms with Crippen molar-refractivity contribution in [2.45, 2.75) is 57.9 Å². The summed E-state index contributed by atoms with van der Waals surface area (Å²) in [6, 6.07) is 4.81. The van der Waals surface area contributed by atoms with E-state index < -0.39 is 10.0 Å². The van der Waals surface area contributed by atoms with Gasteiger partial charge in [-0.05, 0) is 70.1 Å². The average molecular weight is 526 g/mol. The zero-order valence-electron chi connectivity index (χ0n) is 19.2. The first kappa shape index (κ1) is 23.7. The van der Waals surface area contributed by atoms with E-state index in [-0.39, 0.29) is 46.7 Å². The van der Waals surface area contributed by atoms with E-state index in [4.69, 9.17) is 0 Å². The second-order valence-corrected chi connectivity index (χ2v) is 13.1. The number of carbonyl (C=O) groups is 2. The topological polar surface area (TPSA) is 86.8 Å². The monoisotopic (exact) mass is 525 g/mol. The molecule has 2 bridgehead atoms. The average Bonchev–Trinajstić information content (AvgIpc) is 3.22. The van der Waals surface area contributed by atoms with Crippen LogP contribution in [0.5, 0.6) is 0 Å². The van der Waals surface area contributed by atoms with Gasteiger partial charge >= 0.3 is 0 Å². The zero-order chi connectivity index (χ0) is 23.5. The Morgan fingerprint density at radius 1 is 1.12 bits per heavy atom. The van der Waals surface area contributed by atoms with E-state index in [0.717, 1.165) is 12.8 Å². The van der Waals surface area contributed by atoms with E-state index >= 15 is 0 Å². The smallest absolute Gasteiger partial charge is 0.251 e. The lowest BCUT2D eigenvalue weighted by molar-refractivity contribution is -0.129. The van der Waals surface area contributed by atoms with Gasteiger partial charge in [0.05, 0.1) is 4.90 Å². The maximum absolute atomic E-state index is 13.3. The second kappa shape index (κ2) is 8.09. The molecule has 0 radical (unpaired) electrons. The maximum Gasteiger partial charge on any atom is 0.251 e. The van der Waals surface area contributed by atoms with Gasteiger partial charge in [0.25, 0.3) is 5.91 Å². The Bertz CT molecular complexity index is 1040. The molecule has 2 aliphatic carbocycles. The van der Waals surface area contributed by atoms with Gasteiger partial charge in [0, 0.05) is 49.2 Å². The van der Waals surface area contributed by atoms with Crippen LogP contribution in [0.2, 0.25) is 0 Å². The van der Waals surface area contributed by atoms with Gasteiger partial charge in [-0.1, -0.05) is 20.8 Å². The van der Waals surface area contributed by atoms with Crippen LogP contribution in [-0.4, -0.2) is 61.7 Å². The Morgan fingerprint density at radius 3 is 2.34 bits per heavy atom. The number of nitrogens with one attached hydrogen (secondary N) is 1. The maximum atomic E-state index is 13.3. The lowest BCUT2D eigenvalue weighted by Crippen LogP contribution is -2.52. The number of hydrogen-bond acceptors (Lipinski definition) is 4. The van der Waals surface area contributed by atoms with Crippen LogP contribution in [-0.2, 0) is 14.8 Å². The Morgan fingerprint density at radius 2 is 1.78 bits per heavy atom. The molecule has 0 spiro atoms. The van der Waals surface area contributed by atoms with Gasteiger partial charge in [0.1, 0.15) is 0 Å². The van der Waals surface area contributed by atoms with Crippen LogP contribution in [0.1, 0.15) is 57.3 Å². The van der Waals surface area contributed by atoms with Gasteiger partial charge < -0.3 is 10.2 Å². The molecule has 3 atom stereocenters. The minimum Gasteiger partial charge on any atom is -0.348 e. The highest BCUT2D eigenvalue weighted by Gasteiger charge is 2.59. The molecule has 1 saturated heterocycles. The molecule has 4 rings (SSSR count). The van der Waals surface area contributed by atoms with Gasteiger partial charge in [-0.25, -0.2) is 8.42 Å². The number of amides is 2. The van der Waals surface area contributed by atoms with Crippen molar-refractivity contribution < 1.29 is 18.0 Å². The number of fused-ring (bicyclic) bond motifs is 2. The van der Waals surface area contributed by atoms with Gasteiger partial charge in [0.15, 0.2) is 0 Å². The van der Waals surface area contributed by atoms with Crippen molar-refractivity contribution in [2.24, 2.45) is 16.7 Å². The molecule has 7 nitrogen and oxygen atoms in total. The zero-order valence-corrected chi connectivity index (χ0v) is 21.6. The Kier molecular flexibility index (Phi) is 5.99. The summed E-state index contributed by atoms with van der Waals surface area (Å²) >= 11 is 3.36. The number of piperazine rings is 1. The van der Waals surface area contributed by atoms with Crippen molar-refractivity contribution in [2.75, 3.05) is 26.2 Å². The Balaban J connectivity index is 1.55. The molecule has 0 aromatic heterocycles. The molecule has 1 aromatic carbocycles. The normalized spacial score (nSPS) is 29.8. The third-order valence-corrected chi connectivity index (χ3v) is 10.9. The highest BCUT2D eigenvalue weighted by molar-refractivity contribution is 9.10. The molecule has 1 aromatic rings. The highest BCUT2D eigenvalue weighted by atomic mass is 79.9. The van der Waals surface area contributed by atoms with Crippen LogP contribution in [0.3, 0.4) is 0 Å². The lowest BCUT2D eigenvalue weighted by atomic mass is 9.68. The van der Waals surface area contributed by atoms with Crippen molar-refractivity contribution in [1.29, 1.82) is 0 Å². The SMILES string of the molecule is CC(=O)N1CCN(S(=O)(=O)c2cc(C(=O)NC3C(C)(C)[C@@H]4CC[C@]3(C)C4)ccc2Br)CC1. The molecule has 2 amide bonds. The second-order valence-electron chi connectivity index (χ2n) is 10.4. The molecule has 3 fully saturated rings. The third kappa shape index (κ3) is 3.90. The number of rotatable bonds is 4. The van der Waals surface area contributed by atoms with E-state index in [1.807, 2.05) is 0 Å². The van der Waals surface area contributed by atoms with E-state index in [9.17, 15) is 18.0 Å². The van der Waals surface area contributed by atoms with Crippen LogP contribution >= 0.6 is 15.9 Å². The van der Waals surface area contributed by atoms with Crippen LogP contribution in [0, 0.1) is 16.7 Å². The Hall–Kier alpha value is -1.45. The van der Waals surface area contributed by atoms with Crippen molar-refractivity contribution in [3.05, 3.63) is 28.2 Å². The number of nitrogens with zero attached hydrogens (tertiary/aromatic N) is 2. The highest BCUT2D eigenvalue weighted by Crippen LogP contribution is 2.62. The predicted molar refractivity (Wildman–Crippen MR) is 126 cm³/mol. The molecule has 1 unspecified atom stereocenters. The molecule has 32 heavy (non-hydrogen) atoms. The van der Waals surface area contributed by atoms with Crippen molar-refractivity contribution in [3.63, 3.8) is 0 Å². The van der Waals surface area contributed by atoms with Crippen LogP contribution in [0.15, 0.2) is 27.6 Å². The fraction of sp³-hybridized carbons (Fsp3) is 0.652. The first-order valence-electron chi connectivity index (χ1n) is 11.2. The van der Waals surface area contributed by atoms with Crippen LogP contribution < -0.4 is 5.32 Å². The van der Waals surface area contributed by atoms with Crippen LogP contribution in [0.25, 0.3) is 0 Å². The summed E-state index contributed by atoms with van der Waals surface area (Å²) in [4.78, 5) is 26.5. The third-order valence-electron chi connectivity index (χ3n) is 8.04. The molecule has 3 aliphatic rings. The first-order valence-corrected chi connectivity index (χ1v) is 13.5. The lowest BCUT2D eigenvalue weighted by Gasteiger charge is -2.43. The minimum atomic E-state index is -3.80. The largest absolute Gasteiger partial charge is 0.348 e. The fourth-order valence-corrected chi connectivity index (χ4v) is 8.47. The summed E-state index contributed by atoms with van der Waals surface area (Å²) in [5.41, 5.74) is 0.449. The molecule has 2 saturated carbocycles. The van der Waals surface area contributed by atoms with Gasteiger partial charge in [0.2, 0.25) is 15.9 Å². The van der Waals surface area contributed by atoms with Gasteiger partial charge in [-0.3, -0.25) is 9.59 Å². The van der Waals surface area contributed by atoms with Crippen molar-refractivity contribution >= 4 is 37.8 Å². The predicted octanol–water partition coefficient (Wildman–Crippen LogP) is 3.25. The number of benzene rings is 1. The van der Waals surface area contributed by atoms with E-state index in [1.165, 1.54) is 23.7 Å². The molecule has 1 N–H and O–H groups in total. The molecular weight excluding hydrogens is 494 g/mol. The van der Waals surface area contributed by atoms with E-state index in [1.54, 1.807) is 17.0 Å². The number of carbonyl (C=O) groups excluding carboxylic acids is 2. The first-order chi connectivity index (χ1) is 14.9. The summed E-state index contributed by atoms with van der Waals surface area (Å²) in [6.07, 6.45) is 3.43. The number of halogens is 1. The molecule has 9 heteroatoms. The van der Waals surface area contributed by atoms with Gasteiger partial charge in [-0.2, -0.15) is 4.31 Å².